The third-order valence-corrected chi connectivity index (χ3v) is 3.55. The van der Waals surface area contributed by atoms with Crippen molar-refractivity contribution in [3.05, 3.63) is 71.3 Å². The van der Waals surface area contributed by atoms with Gasteiger partial charge in [-0.3, -0.25) is 4.79 Å². The molecular weight excluding hydrogens is 232 g/mol. The van der Waals surface area contributed by atoms with E-state index in [1.165, 1.54) is 11.1 Å². The van der Waals surface area contributed by atoms with E-state index in [-0.39, 0.29) is 5.92 Å². The Kier molecular flexibility index (Phi) is 4.51. The van der Waals surface area contributed by atoms with Crippen molar-refractivity contribution < 1.29 is 4.79 Å². The lowest BCUT2D eigenvalue weighted by Crippen LogP contribution is -2.08. The molecule has 0 bridgehead atoms. The van der Waals surface area contributed by atoms with Gasteiger partial charge in [-0.25, -0.2) is 0 Å². The highest BCUT2D eigenvalue weighted by molar-refractivity contribution is 5.81. The molecule has 0 saturated heterocycles. The minimum atomic E-state index is 0.290. The van der Waals surface area contributed by atoms with E-state index in [1.54, 1.807) is 0 Å². The van der Waals surface area contributed by atoms with Gasteiger partial charge < -0.3 is 0 Å². The minimum absolute atomic E-state index is 0.290. The first-order valence-electron chi connectivity index (χ1n) is 6.78. The van der Waals surface area contributed by atoms with Crippen LogP contribution >= 0.6 is 0 Å². The Bertz CT molecular complexity index is 543. The van der Waals surface area contributed by atoms with Crippen molar-refractivity contribution in [3.8, 4) is 0 Å². The van der Waals surface area contributed by atoms with Gasteiger partial charge in [0.15, 0.2) is 0 Å². The van der Waals surface area contributed by atoms with E-state index in [9.17, 15) is 4.79 Å². The number of carbonyl (C=O) groups excluding carboxylic acids is 1. The molecule has 1 nitrogen and oxygen atoms in total. The Labute approximate surface area is 115 Å². The van der Waals surface area contributed by atoms with E-state index in [0.717, 1.165) is 5.56 Å². The molecule has 2 rings (SSSR count). The highest BCUT2D eigenvalue weighted by Crippen LogP contribution is 2.20. The summed E-state index contributed by atoms with van der Waals surface area (Å²) in [4.78, 5) is 12.1. The summed E-state index contributed by atoms with van der Waals surface area (Å²) in [5, 5.41) is 0. The van der Waals surface area contributed by atoms with Crippen molar-refractivity contribution in [2.45, 2.75) is 32.6 Å². The lowest BCUT2D eigenvalue weighted by Gasteiger charge is -2.11. The second-order valence-electron chi connectivity index (χ2n) is 5.16. The molecule has 0 radical (unpaired) electrons. The molecule has 0 spiro atoms. The van der Waals surface area contributed by atoms with Crippen molar-refractivity contribution in [2.24, 2.45) is 0 Å². The van der Waals surface area contributed by atoms with E-state index < -0.39 is 0 Å². The van der Waals surface area contributed by atoms with E-state index >= 15 is 0 Å². The highest BCUT2D eigenvalue weighted by atomic mass is 16.1. The molecule has 1 unspecified atom stereocenters. The zero-order chi connectivity index (χ0) is 13.7. The maximum Gasteiger partial charge on any atom is 0.137 e. The number of ketones is 1. The predicted molar refractivity (Wildman–Crippen MR) is 79.4 cm³/mol. The van der Waals surface area contributed by atoms with Crippen molar-refractivity contribution in [1.29, 1.82) is 0 Å². The number of Topliss-reactive ketones (excluding diaryl/α,β-unsaturated/α-hetero) is 1. The second kappa shape index (κ2) is 6.33. The van der Waals surface area contributed by atoms with Crippen molar-refractivity contribution in [3.63, 3.8) is 0 Å². The molecule has 0 saturated carbocycles. The van der Waals surface area contributed by atoms with Gasteiger partial charge in [0.1, 0.15) is 5.78 Å². The highest BCUT2D eigenvalue weighted by Gasteiger charge is 2.12. The molecule has 0 aliphatic rings. The van der Waals surface area contributed by atoms with Crippen LogP contribution in [0.15, 0.2) is 54.6 Å². The molecule has 0 aromatic heterocycles. The van der Waals surface area contributed by atoms with Gasteiger partial charge in [-0.1, -0.05) is 61.5 Å². The molecule has 0 amide bonds. The smallest absolute Gasteiger partial charge is 0.137 e. The van der Waals surface area contributed by atoms with E-state index in [4.69, 9.17) is 0 Å². The fourth-order valence-corrected chi connectivity index (χ4v) is 2.33. The zero-order valence-corrected chi connectivity index (χ0v) is 11.6. The fraction of sp³-hybridized carbons (Fsp3) is 0.278. The topological polar surface area (TPSA) is 17.1 Å². The number of rotatable bonds is 5. The lowest BCUT2D eigenvalue weighted by atomic mass is 9.93. The Hall–Kier alpha value is -1.89. The molecule has 0 N–H and O–H groups in total. The quantitative estimate of drug-likeness (QED) is 0.775. The summed E-state index contributed by atoms with van der Waals surface area (Å²) in [6.45, 7) is 4.17. The summed E-state index contributed by atoms with van der Waals surface area (Å²) in [5.41, 5.74) is 3.58. The van der Waals surface area contributed by atoms with Crippen LogP contribution in [0.4, 0.5) is 0 Å². The van der Waals surface area contributed by atoms with Crippen LogP contribution in [0.1, 0.15) is 36.0 Å². The van der Waals surface area contributed by atoms with Gasteiger partial charge in [-0.05, 0) is 29.5 Å². The third kappa shape index (κ3) is 3.78. The first-order valence-corrected chi connectivity index (χ1v) is 6.78. The summed E-state index contributed by atoms with van der Waals surface area (Å²) in [6, 6.07) is 18.3. The maximum atomic E-state index is 12.1. The summed E-state index contributed by atoms with van der Waals surface area (Å²) < 4.78 is 0. The van der Waals surface area contributed by atoms with Crippen LogP contribution in [0, 0.1) is 6.92 Å². The van der Waals surface area contributed by atoms with Gasteiger partial charge in [-0.15, -0.1) is 0 Å². The maximum absolute atomic E-state index is 12.1. The summed E-state index contributed by atoms with van der Waals surface area (Å²) in [5.74, 6) is 0.600. The molecule has 0 aliphatic carbocycles. The Morgan fingerprint density at radius 3 is 2.32 bits per heavy atom. The average Bonchev–Trinajstić information content (AvgIpc) is 2.42. The first-order chi connectivity index (χ1) is 9.16. The second-order valence-corrected chi connectivity index (χ2v) is 5.16. The summed E-state index contributed by atoms with van der Waals surface area (Å²) in [7, 11) is 0. The molecule has 98 valence electrons. The van der Waals surface area contributed by atoms with Gasteiger partial charge in [0, 0.05) is 12.8 Å². The van der Waals surface area contributed by atoms with Crippen molar-refractivity contribution in [1.82, 2.24) is 0 Å². The molecule has 2 aromatic carbocycles. The van der Waals surface area contributed by atoms with Crippen LogP contribution in [0.25, 0.3) is 0 Å². The molecule has 0 fully saturated rings. The number of benzene rings is 2. The lowest BCUT2D eigenvalue weighted by molar-refractivity contribution is -0.118. The van der Waals surface area contributed by atoms with Gasteiger partial charge in [0.05, 0.1) is 0 Å². The Morgan fingerprint density at radius 1 is 1.00 bits per heavy atom. The number of carbonyl (C=O) groups is 1. The average molecular weight is 252 g/mol. The zero-order valence-electron chi connectivity index (χ0n) is 11.6. The third-order valence-electron chi connectivity index (χ3n) is 3.55. The largest absolute Gasteiger partial charge is 0.299 e. The van der Waals surface area contributed by atoms with Crippen LogP contribution in [0.5, 0.6) is 0 Å². The van der Waals surface area contributed by atoms with Gasteiger partial charge in [0.25, 0.3) is 0 Å². The van der Waals surface area contributed by atoms with E-state index in [2.05, 4.69) is 32.0 Å². The van der Waals surface area contributed by atoms with Crippen LogP contribution in [0.2, 0.25) is 0 Å². The first kappa shape index (κ1) is 13.5. The molecule has 1 heteroatoms. The van der Waals surface area contributed by atoms with Crippen LogP contribution in [-0.4, -0.2) is 5.78 Å². The Balaban J connectivity index is 1.97. The Morgan fingerprint density at radius 2 is 1.63 bits per heavy atom. The minimum Gasteiger partial charge on any atom is -0.299 e. The molecule has 0 heterocycles. The predicted octanol–water partition coefficient (Wildman–Crippen LogP) is 4.30. The van der Waals surface area contributed by atoms with Gasteiger partial charge in [-0.2, -0.15) is 0 Å². The number of aryl methyl sites for hydroxylation is 1. The molecule has 1 atom stereocenters. The summed E-state index contributed by atoms with van der Waals surface area (Å²) >= 11 is 0. The molecule has 0 aliphatic heterocycles. The van der Waals surface area contributed by atoms with Crippen molar-refractivity contribution >= 4 is 5.78 Å². The van der Waals surface area contributed by atoms with Crippen LogP contribution in [0.3, 0.4) is 0 Å². The van der Waals surface area contributed by atoms with Gasteiger partial charge in [0.2, 0.25) is 0 Å². The van der Waals surface area contributed by atoms with E-state index in [1.807, 2.05) is 36.4 Å². The van der Waals surface area contributed by atoms with Crippen LogP contribution in [-0.2, 0) is 11.2 Å². The standard InChI is InChI=1S/C18H20O/c1-14-8-6-7-11-17(14)13-18(19)12-15(2)16-9-4-3-5-10-16/h3-11,15H,12-13H2,1-2H3. The molecule has 19 heavy (non-hydrogen) atoms. The van der Waals surface area contributed by atoms with Crippen LogP contribution < -0.4 is 0 Å². The SMILES string of the molecule is Cc1ccccc1CC(=O)CC(C)c1ccccc1. The number of hydrogen-bond donors (Lipinski definition) is 0. The normalized spacial score (nSPS) is 12.1. The monoisotopic (exact) mass is 252 g/mol. The number of hydrogen-bond acceptors (Lipinski definition) is 1. The van der Waals surface area contributed by atoms with Gasteiger partial charge >= 0.3 is 0 Å². The van der Waals surface area contributed by atoms with E-state index in [0.29, 0.717) is 18.6 Å². The molecule has 2 aromatic rings. The fourth-order valence-electron chi connectivity index (χ4n) is 2.33. The van der Waals surface area contributed by atoms with Crippen molar-refractivity contribution in [2.75, 3.05) is 0 Å². The summed E-state index contributed by atoms with van der Waals surface area (Å²) in [6.07, 6.45) is 1.15. The molecular formula is C18H20O.